The SMILES string of the molecule is O=C1C[C@@H](c2ccccc2)c2cnn(-c3ccccc3)c2N1. The Balaban J connectivity index is 1.83. The summed E-state index contributed by atoms with van der Waals surface area (Å²) in [5.41, 5.74) is 3.15. The lowest BCUT2D eigenvalue weighted by Gasteiger charge is -2.23. The summed E-state index contributed by atoms with van der Waals surface area (Å²) in [4.78, 5) is 12.1. The number of rotatable bonds is 2. The lowest BCUT2D eigenvalue weighted by atomic mass is 9.87. The summed E-state index contributed by atoms with van der Waals surface area (Å²) in [6, 6.07) is 20.0. The zero-order valence-corrected chi connectivity index (χ0v) is 11.9. The highest BCUT2D eigenvalue weighted by atomic mass is 16.1. The maximum atomic E-state index is 12.1. The van der Waals surface area contributed by atoms with Crippen molar-refractivity contribution in [1.29, 1.82) is 0 Å². The molecule has 108 valence electrons. The molecule has 1 N–H and O–H groups in total. The third-order valence-electron chi connectivity index (χ3n) is 4.02. The molecule has 4 rings (SSSR count). The minimum atomic E-state index is 0.0269. The van der Waals surface area contributed by atoms with Crippen molar-refractivity contribution in [3.63, 3.8) is 0 Å². The highest BCUT2D eigenvalue weighted by molar-refractivity contribution is 5.94. The Morgan fingerprint density at radius 2 is 1.68 bits per heavy atom. The molecular formula is C18H15N3O. The van der Waals surface area contributed by atoms with Crippen molar-refractivity contribution in [3.8, 4) is 5.69 Å². The Hall–Kier alpha value is -2.88. The summed E-state index contributed by atoms with van der Waals surface area (Å²) in [6.45, 7) is 0. The molecule has 3 aromatic rings. The second-order valence-corrected chi connectivity index (χ2v) is 5.41. The molecule has 1 atom stereocenters. The van der Waals surface area contributed by atoms with Gasteiger partial charge in [0.25, 0.3) is 0 Å². The Labute approximate surface area is 128 Å². The van der Waals surface area contributed by atoms with E-state index in [2.05, 4.69) is 22.5 Å². The van der Waals surface area contributed by atoms with Gasteiger partial charge >= 0.3 is 0 Å². The number of carbonyl (C=O) groups excluding carboxylic acids is 1. The van der Waals surface area contributed by atoms with Crippen LogP contribution in [0.4, 0.5) is 5.82 Å². The number of nitrogens with zero attached hydrogens (tertiary/aromatic N) is 2. The zero-order chi connectivity index (χ0) is 14.9. The first-order valence-electron chi connectivity index (χ1n) is 7.31. The van der Waals surface area contributed by atoms with Gasteiger partial charge in [0.15, 0.2) is 0 Å². The Morgan fingerprint density at radius 1 is 1.00 bits per heavy atom. The number of hydrogen-bond acceptors (Lipinski definition) is 2. The largest absolute Gasteiger partial charge is 0.310 e. The summed E-state index contributed by atoms with van der Waals surface area (Å²) < 4.78 is 1.79. The van der Waals surface area contributed by atoms with E-state index in [9.17, 15) is 4.79 Å². The van der Waals surface area contributed by atoms with E-state index in [0.29, 0.717) is 6.42 Å². The van der Waals surface area contributed by atoms with Crippen molar-refractivity contribution in [2.75, 3.05) is 5.32 Å². The van der Waals surface area contributed by atoms with E-state index in [4.69, 9.17) is 0 Å². The fourth-order valence-electron chi connectivity index (χ4n) is 2.97. The first-order valence-corrected chi connectivity index (χ1v) is 7.31. The van der Waals surface area contributed by atoms with Crippen LogP contribution < -0.4 is 5.32 Å². The molecule has 22 heavy (non-hydrogen) atoms. The summed E-state index contributed by atoms with van der Waals surface area (Å²) in [5, 5.41) is 7.45. The van der Waals surface area contributed by atoms with Gasteiger partial charge in [-0.05, 0) is 17.7 Å². The van der Waals surface area contributed by atoms with E-state index < -0.39 is 0 Å². The molecule has 1 aliphatic rings. The van der Waals surface area contributed by atoms with Crippen LogP contribution in [0.2, 0.25) is 0 Å². The maximum absolute atomic E-state index is 12.1. The third-order valence-corrected chi connectivity index (χ3v) is 4.02. The lowest BCUT2D eigenvalue weighted by molar-refractivity contribution is -0.116. The number of anilines is 1. The Morgan fingerprint density at radius 3 is 2.41 bits per heavy atom. The summed E-state index contributed by atoms with van der Waals surface area (Å²) in [5.74, 6) is 0.859. The maximum Gasteiger partial charge on any atom is 0.226 e. The minimum Gasteiger partial charge on any atom is -0.310 e. The van der Waals surface area contributed by atoms with E-state index in [0.717, 1.165) is 22.6 Å². The number of fused-ring (bicyclic) bond motifs is 1. The van der Waals surface area contributed by atoms with Crippen molar-refractivity contribution >= 4 is 11.7 Å². The summed E-state index contributed by atoms with van der Waals surface area (Å²) >= 11 is 0. The van der Waals surface area contributed by atoms with Gasteiger partial charge in [0, 0.05) is 17.9 Å². The topological polar surface area (TPSA) is 46.9 Å². The molecule has 0 radical (unpaired) electrons. The molecule has 2 heterocycles. The number of para-hydroxylation sites is 1. The van der Waals surface area contributed by atoms with Gasteiger partial charge in [0.05, 0.1) is 11.9 Å². The average molecular weight is 289 g/mol. The van der Waals surface area contributed by atoms with Crippen LogP contribution in [-0.4, -0.2) is 15.7 Å². The van der Waals surface area contributed by atoms with Crippen molar-refractivity contribution in [2.45, 2.75) is 12.3 Å². The van der Waals surface area contributed by atoms with E-state index in [1.54, 1.807) is 4.68 Å². The molecule has 0 spiro atoms. The fraction of sp³-hybridized carbons (Fsp3) is 0.111. The highest BCUT2D eigenvalue weighted by Crippen LogP contribution is 2.37. The zero-order valence-electron chi connectivity index (χ0n) is 11.9. The van der Waals surface area contributed by atoms with E-state index >= 15 is 0 Å². The molecule has 1 aliphatic heterocycles. The summed E-state index contributed by atoms with van der Waals surface area (Å²) in [7, 11) is 0. The van der Waals surface area contributed by atoms with Crippen LogP contribution in [0.3, 0.4) is 0 Å². The standard InChI is InChI=1S/C18H15N3O/c22-17-11-15(13-7-3-1-4-8-13)16-12-19-21(18(16)20-17)14-9-5-2-6-10-14/h1-10,12,15H,11H2,(H,20,22)/t15-/m0/s1. The van der Waals surface area contributed by atoms with Gasteiger partial charge < -0.3 is 5.32 Å². The van der Waals surface area contributed by atoms with Crippen molar-refractivity contribution in [2.24, 2.45) is 0 Å². The molecule has 0 fully saturated rings. The lowest BCUT2D eigenvalue weighted by Crippen LogP contribution is -2.24. The molecule has 1 amide bonds. The molecule has 0 aliphatic carbocycles. The van der Waals surface area contributed by atoms with Gasteiger partial charge in [-0.15, -0.1) is 0 Å². The fourth-order valence-corrected chi connectivity index (χ4v) is 2.97. The Bertz CT molecular complexity index is 809. The molecule has 0 saturated carbocycles. The number of aromatic nitrogens is 2. The summed E-state index contributed by atoms with van der Waals surface area (Å²) in [6.07, 6.45) is 2.32. The molecule has 4 nitrogen and oxygen atoms in total. The van der Waals surface area contributed by atoms with Gasteiger partial charge in [0.2, 0.25) is 5.91 Å². The van der Waals surface area contributed by atoms with Crippen molar-refractivity contribution in [3.05, 3.63) is 78.0 Å². The molecule has 1 aromatic heterocycles. The van der Waals surface area contributed by atoms with E-state index in [1.807, 2.05) is 54.7 Å². The molecule has 2 aromatic carbocycles. The van der Waals surface area contributed by atoms with Gasteiger partial charge in [-0.1, -0.05) is 48.5 Å². The second kappa shape index (κ2) is 5.15. The minimum absolute atomic E-state index is 0.0269. The van der Waals surface area contributed by atoms with Crippen LogP contribution in [0.1, 0.15) is 23.5 Å². The van der Waals surface area contributed by atoms with Gasteiger partial charge in [0.1, 0.15) is 5.82 Å². The predicted molar refractivity (Wildman–Crippen MR) is 85.1 cm³/mol. The normalized spacial score (nSPS) is 16.9. The van der Waals surface area contributed by atoms with Crippen LogP contribution in [0, 0.1) is 0 Å². The van der Waals surface area contributed by atoms with Gasteiger partial charge in [-0.3, -0.25) is 4.79 Å². The van der Waals surface area contributed by atoms with Crippen LogP contribution in [0.5, 0.6) is 0 Å². The first kappa shape index (κ1) is 12.8. The van der Waals surface area contributed by atoms with Gasteiger partial charge in [-0.2, -0.15) is 5.10 Å². The van der Waals surface area contributed by atoms with E-state index in [1.165, 1.54) is 0 Å². The molecule has 0 unspecified atom stereocenters. The van der Waals surface area contributed by atoms with Crippen LogP contribution in [0.15, 0.2) is 66.9 Å². The predicted octanol–water partition coefficient (Wildman–Crippen LogP) is 3.35. The van der Waals surface area contributed by atoms with Crippen LogP contribution in [-0.2, 0) is 4.79 Å². The quantitative estimate of drug-likeness (QED) is 0.786. The molecule has 4 heteroatoms. The molecule has 0 saturated heterocycles. The Kier molecular flexibility index (Phi) is 3.00. The van der Waals surface area contributed by atoms with Gasteiger partial charge in [-0.25, -0.2) is 4.68 Å². The number of amides is 1. The van der Waals surface area contributed by atoms with E-state index in [-0.39, 0.29) is 11.8 Å². The molecular weight excluding hydrogens is 274 g/mol. The number of nitrogens with one attached hydrogen (secondary N) is 1. The van der Waals surface area contributed by atoms with Crippen molar-refractivity contribution < 1.29 is 4.79 Å². The number of benzene rings is 2. The van der Waals surface area contributed by atoms with Crippen LogP contribution >= 0.6 is 0 Å². The smallest absolute Gasteiger partial charge is 0.226 e. The number of carbonyl (C=O) groups is 1. The second-order valence-electron chi connectivity index (χ2n) is 5.41. The highest BCUT2D eigenvalue weighted by Gasteiger charge is 2.30. The molecule has 0 bridgehead atoms. The van der Waals surface area contributed by atoms with Crippen LogP contribution in [0.25, 0.3) is 5.69 Å². The third kappa shape index (κ3) is 2.09. The van der Waals surface area contributed by atoms with Crippen molar-refractivity contribution in [1.82, 2.24) is 9.78 Å². The monoisotopic (exact) mass is 289 g/mol. The first-order chi connectivity index (χ1) is 10.8. The average Bonchev–Trinajstić information content (AvgIpc) is 2.99. The number of hydrogen-bond donors (Lipinski definition) is 1.